The van der Waals surface area contributed by atoms with Crippen molar-refractivity contribution in [1.82, 2.24) is 0 Å². The van der Waals surface area contributed by atoms with Crippen molar-refractivity contribution < 1.29 is 14.3 Å². The first-order valence-corrected chi connectivity index (χ1v) is 9.99. The summed E-state index contributed by atoms with van der Waals surface area (Å²) in [5.41, 5.74) is 7.31. The van der Waals surface area contributed by atoms with Gasteiger partial charge in [-0.3, -0.25) is 9.59 Å². The molecule has 27 heavy (non-hydrogen) atoms. The number of nitrogens with two attached hydrogens (primary N) is 1. The van der Waals surface area contributed by atoms with E-state index in [1.807, 2.05) is 18.2 Å². The van der Waals surface area contributed by atoms with E-state index in [4.69, 9.17) is 10.5 Å². The van der Waals surface area contributed by atoms with Crippen LogP contribution in [0.4, 0.5) is 5.00 Å². The number of thiophene rings is 1. The maximum atomic E-state index is 12.3. The van der Waals surface area contributed by atoms with E-state index >= 15 is 0 Å². The maximum Gasteiger partial charge on any atom is 0.262 e. The lowest BCUT2D eigenvalue weighted by Crippen LogP contribution is -2.27. The third-order valence-electron chi connectivity index (χ3n) is 5.10. The van der Waals surface area contributed by atoms with Crippen molar-refractivity contribution in [2.75, 3.05) is 11.9 Å². The van der Waals surface area contributed by atoms with Gasteiger partial charge in [0.1, 0.15) is 10.8 Å². The number of fused-ring (bicyclic) bond motifs is 1. The number of amides is 2. The predicted octanol–water partition coefficient (Wildman–Crippen LogP) is 4.02. The molecule has 3 rings (SSSR count). The van der Waals surface area contributed by atoms with Crippen LogP contribution < -0.4 is 15.8 Å². The van der Waals surface area contributed by atoms with Crippen LogP contribution in [0.2, 0.25) is 0 Å². The van der Waals surface area contributed by atoms with Crippen LogP contribution in [0.3, 0.4) is 0 Å². The third-order valence-corrected chi connectivity index (χ3v) is 6.27. The van der Waals surface area contributed by atoms with Gasteiger partial charge in [0.25, 0.3) is 11.8 Å². The average Bonchev–Trinajstić information content (AvgIpc) is 2.97. The number of carbonyl (C=O) groups excluding carboxylic acids is 2. The Bertz CT molecular complexity index is 837. The van der Waals surface area contributed by atoms with Gasteiger partial charge >= 0.3 is 0 Å². The Hall–Kier alpha value is -2.34. The molecule has 3 N–H and O–H groups in total. The number of hydrogen-bond donors (Lipinski definition) is 2. The lowest BCUT2D eigenvalue weighted by atomic mass is 9.72. The molecule has 0 bridgehead atoms. The molecule has 6 heteroatoms. The summed E-state index contributed by atoms with van der Waals surface area (Å²) in [6.45, 7) is 6.62. The number of carbonyl (C=O) groups is 2. The second kappa shape index (κ2) is 7.72. The third kappa shape index (κ3) is 4.50. The molecule has 1 aromatic carbocycles. The van der Waals surface area contributed by atoms with E-state index in [1.54, 1.807) is 12.1 Å². The Labute approximate surface area is 163 Å². The minimum Gasteiger partial charge on any atom is -0.484 e. The summed E-state index contributed by atoms with van der Waals surface area (Å²) in [5, 5.41) is 3.37. The molecule has 1 aromatic heterocycles. The lowest BCUT2D eigenvalue weighted by Gasteiger charge is -2.33. The predicted molar refractivity (Wildman–Crippen MR) is 108 cm³/mol. The smallest absolute Gasteiger partial charge is 0.262 e. The van der Waals surface area contributed by atoms with Gasteiger partial charge in [0.05, 0.1) is 5.56 Å². The largest absolute Gasteiger partial charge is 0.484 e. The van der Waals surface area contributed by atoms with Gasteiger partial charge in [-0.15, -0.1) is 11.3 Å². The molecule has 2 aromatic rings. The molecule has 0 radical (unpaired) electrons. The molecule has 144 valence electrons. The molecule has 1 atom stereocenters. The second-order valence-electron chi connectivity index (χ2n) is 8.03. The molecule has 0 fully saturated rings. The van der Waals surface area contributed by atoms with Gasteiger partial charge in [0.2, 0.25) is 0 Å². The summed E-state index contributed by atoms with van der Waals surface area (Å²) in [6.07, 6.45) is 2.76. The van der Waals surface area contributed by atoms with Gasteiger partial charge in [0.15, 0.2) is 6.61 Å². The number of primary amides is 1. The number of nitrogens with one attached hydrogen (secondary N) is 1. The molecule has 2 amide bonds. The monoisotopic (exact) mass is 386 g/mol. The van der Waals surface area contributed by atoms with Crippen LogP contribution in [0, 0.1) is 11.3 Å². The van der Waals surface area contributed by atoms with Crippen LogP contribution in [0.15, 0.2) is 30.3 Å². The Morgan fingerprint density at radius 1 is 1.26 bits per heavy atom. The van der Waals surface area contributed by atoms with E-state index < -0.39 is 5.91 Å². The number of ether oxygens (including phenoxy) is 1. The van der Waals surface area contributed by atoms with Crippen molar-refractivity contribution in [3.8, 4) is 5.75 Å². The SMILES string of the molecule is CC(C)(C)[C@H]1CCc2c(sc(NC(=O)COc3ccccc3)c2C(N)=O)C1. The minimum atomic E-state index is -0.485. The molecule has 0 spiro atoms. The van der Waals surface area contributed by atoms with Crippen molar-refractivity contribution in [3.63, 3.8) is 0 Å². The highest BCUT2D eigenvalue weighted by Crippen LogP contribution is 2.44. The van der Waals surface area contributed by atoms with Crippen molar-refractivity contribution in [3.05, 3.63) is 46.3 Å². The summed E-state index contributed by atoms with van der Waals surface area (Å²) < 4.78 is 5.48. The first-order chi connectivity index (χ1) is 12.8. The highest BCUT2D eigenvalue weighted by Gasteiger charge is 2.33. The number of benzene rings is 1. The zero-order chi connectivity index (χ0) is 19.6. The minimum absolute atomic E-state index is 0.116. The van der Waals surface area contributed by atoms with E-state index in [2.05, 4.69) is 26.1 Å². The highest BCUT2D eigenvalue weighted by atomic mass is 32.1. The van der Waals surface area contributed by atoms with Crippen LogP contribution >= 0.6 is 11.3 Å². The average molecular weight is 387 g/mol. The highest BCUT2D eigenvalue weighted by molar-refractivity contribution is 7.17. The molecule has 0 saturated heterocycles. The molecule has 1 aliphatic rings. The van der Waals surface area contributed by atoms with Crippen molar-refractivity contribution in [1.29, 1.82) is 0 Å². The fourth-order valence-corrected chi connectivity index (χ4v) is 4.85. The van der Waals surface area contributed by atoms with Gasteiger partial charge in [0, 0.05) is 4.88 Å². The van der Waals surface area contributed by atoms with E-state index in [0.29, 0.717) is 22.2 Å². The van der Waals surface area contributed by atoms with Gasteiger partial charge in [-0.2, -0.15) is 0 Å². The van der Waals surface area contributed by atoms with Crippen molar-refractivity contribution >= 4 is 28.2 Å². The molecule has 0 unspecified atom stereocenters. The topological polar surface area (TPSA) is 81.4 Å². The molecule has 0 aliphatic heterocycles. The van der Waals surface area contributed by atoms with E-state index in [1.165, 1.54) is 11.3 Å². The van der Waals surface area contributed by atoms with Crippen LogP contribution in [0.25, 0.3) is 0 Å². The molecule has 1 aliphatic carbocycles. The Morgan fingerprint density at radius 3 is 2.59 bits per heavy atom. The number of anilines is 1. The van der Waals surface area contributed by atoms with E-state index in [9.17, 15) is 9.59 Å². The van der Waals surface area contributed by atoms with Crippen molar-refractivity contribution in [2.45, 2.75) is 40.0 Å². The number of rotatable bonds is 5. The molecule has 5 nitrogen and oxygen atoms in total. The Kier molecular flexibility index (Phi) is 5.56. The van der Waals surface area contributed by atoms with E-state index in [-0.39, 0.29) is 17.9 Å². The summed E-state index contributed by atoms with van der Waals surface area (Å²) in [6, 6.07) is 9.15. The van der Waals surface area contributed by atoms with Gasteiger partial charge in [-0.25, -0.2) is 0 Å². The van der Waals surface area contributed by atoms with Crippen LogP contribution in [-0.2, 0) is 17.6 Å². The van der Waals surface area contributed by atoms with Gasteiger partial charge < -0.3 is 15.8 Å². The fourth-order valence-electron chi connectivity index (χ4n) is 3.50. The summed E-state index contributed by atoms with van der Waals surface area (Å²) >= 11 is 1.47. The van der Waals surface area contributed by atoms with Crippen molar-refractivity contribution in [2.24, 2.45) is 17.1 Å². The zero-order valence-corrected chi connectivity index (χ0v) is 16.8. The zero-order valence-electron chi connectivity index (χ0n) is 16.0. The van der Waals surface area contributed by atoms with Crippen LogP contribution in [0.5, 0.6) is 5.75 Å². The van der Waals surface area contributed by atoms with Gasteiger partial charge in [-0.05, 0) is 48.3 Å². The van der Waals surface area contributed by atoms with Crippen LogP contribution in [-0.4, -0.2) is 18.4 Å². The molecular weight excluding hydrogens is 360 g/mol. The number of hydrogen-bond acceptors (Lipinski definition) is 4. The fraction of sp³-hybridized carbons (Fsp3) is 0.429. The Morgan fingerprint density at radius 2 is 1.96 bits per heavy atom. The standard InChI is InChI=1S/C21H26N2O3S/c1-21(2,3)13-9-10-15-16(11-13)27-20(18(15)19(22)25)23-17(24)12-26-14-7-5-4-6-8-14/h4-8,13H,9-12H2,1-3H3,(H2,22,25)(H,23,24)/t13-/m0/s1. The normalized spacial score (nSPS) is 16.5. The first kappa shape index (κ1) is 19.4. The quantitative estimate of drug-likeness (QED) is 0.814. The number of para-hydroxylation sites is 1. The summed E-state index contributed by atoms with van der Waals surface area (Å²) in [4.78, 5) is 25.5. The summed E-state index contributed by atoms with van der Waals surface area (Å²) in [7, 11) is 0. The molecule has 1 heterocycles. The van der Waals surface area contributed by atoms with E-state index in [0.717, 1.165) is 29.7 Å². The first-order valence-electron chi connectivity index (χ1n) is 9.17. The molecule has 0 saturated carbocycles. The van der Waals surface area contributed by atoms with Gasteiger partial charge in [-0.1, -0.05) is 39.0 Å². The Balaban J connectivity index is 1.75. The lowest BCUT2D eigenvalue weighted by molar-refractivity contribution is -0.118. The maximum absolute atomic E-state index is 12.3. The molecular formula is C21H26N2O3S. The second-order valence-corrected chi connectivity index (χ2v) is 9.13. The summed E-state index contributed by atoms with van der Waals surface area (Å²) in [5.74, 6) is 0.393. The van der Waals surface area contributed by atoms with Crippen LogP contribution in [0.1, 0.15) is 48.0 Å².